The summed E-state index contributed by atoms with van der Waals surface area (Å²) in [6, 6.07) is 0. The lowest BCUT2D eigenvalue weighted by atomic mass is 9.99. The van der Waals surface area contributed by atoms with Crippen LogP contribution >= 0.6 is 0 Å². The molecule has 1 heterocycles. The maximum atomic E-state index is 9.00. The van der Waals surface area contributed by atoms with Crippen LogP contribution in [0.4, 0.5) is 0 Å². The van der Waals surface area contributed by atoms with E-state index in [1.54, 1.807) is 0 Å². The van der Waals surface area contributed by atoms with Gasteiger partial charge in [0, 0.05) is 0 Å². The molecule has 0 unspecified atom stereocenters. The molecule has 1 aliphatic rings. The van der Waals surface area contributed by atoms with Crippen LogP contribution in [0.25, 0.3) is 0 Å². The van der Waals surface area contributed by atoms with Gasteiger partial charge >= 0.3 is 0 Å². The molecule has 0 aromatic carbocycles. The van der Waals surface area contributed by atoms with E-state index in [1.807, 2.05) is 6.20 Å². The lowest BCUT2D eigenvalue weighted by Crippen LogP contribution is -1.96. The van der Waals surface area contributed by atoms with Crippen LogP contribution in [0.5, 0.6) is 0 Å². The largest absolute Gasteiger partial charge is 0.390 e. The lowest BCUT2D eigenvalue weighted by molar-refractivity contribution is 0.274. The Morgan fingerprint density at radius 1 is 1.50 bits per heavy atom. The first-order valence-electron chi connectivity index (χ1n) is 4.55. The van der Waals surface area contributed by atoms with Crippen molar-refractivity contribution in [3.05, 3.63) is 17.5 Å². The molecule has 66 valence electrons. The van der Waals surface area contributed by atoms with Gasteiger partial charge in [0.2, 0.25) is 0 Å². The van der Waals surface area contributed by atoms with Gasteiger partial charge in [0.1, 0.15) is 0 Å². The fraction of sp³-hybridized carbons (Fsp3) is 0.667. The number of nitrogens with one attached hydrogen (secondary N) is 1. The highest BCUT2D eigenvalue weighted by atomic mass is 16.3. The van der Waals surface area contributed by atoms with E-state index >= 15 is 0 Å². The Morgan fingerprint density at radius 3 is 2.92 bits per heavy atom. The Labute approximate surface area is 71.8 Å². The molecule has 1 aliphatic carbocycles. The number of aliphatic hydroxyl groups is 1. The van der Waals surface area contributed by atoms with Gasteiger partial charge in [-0.05, 0) is 24.3 Å². The van der Waals surface area contributed by atoms with Crippen LogP contribution in [0, 0.1) is 0 Å². The molecule has 0 atom stereocenters. The number of H-pyrrole nitrogens is 1. The summed E-state index contributed by atoms with van der Waals surface area (Å²) in [7, 11) is 0. The molecule has 2 N–H and O–H groups in total. The van der Waals surface area contributed by atoms with E-state index in [1.165, 1.54) is 31.2 Å². The average Bonchev–Trinajstić information content (AvgIpc) is 2.74. The van der Waals surface area contributed by atoms with Gasteiger partial charge in [-0.3, -0.25) is 5.10 Å². The first-order chi connectivity index (χ1) is 5.92. The fourth-order valence-electron chi connectivity index (χ4n) is 2.04. The van der Waals surface area contributed by atoms with Crippen molar-refractivity contribution >= 4 is 0 Å². The normalized spacial score (nSPS) is 18.8. The van der Waals surface area contributed by atoms with Gasteiger partial charge in [-0.2, -0.15) is 5.10 Å². The first kappa shape index (κ1) is 7.80. The third-order valence-corrected chi connectivity index (χ3v) is 2.70. The Kier molecular flexibility index (Phi) is 2.13. The molecule has 0 amide bonds. The van der Waals surface area contributed by atoms with Gasteiger partial charge in [-0.25, -0.2) is 0 Å². The zero-order chi connectivity index (χ0) is 8.39. The summed E-state index contributed by atoms with van der Waals surface area (Å²) in [6.07, 6.45) is 7.02. The van der Waals surface area contributed by atoms with E-state index in [9.17, 15) is 0 Å². The van der Waals surface area contributed by atoms with Gasteiger partial charge in [0.25, 0.3) is 0 Å². The van der Waals surface area contributed by atoms with Crippen molar-refractivity contribution in [2.45, 2.75) is 38.2 Å². The highest BCUT2D eigenvalue weighted by Gasteiger charge is 2.20. The zero-order valence-electron chi connectivity index (χ0n) is 7.08. The van der Waals surface area contributed by atoms with Crippen LogP contribution in [-0.2, 0) is 6.61 Å². The maximum Gasteiger partial charge on any atom is 0.0850 e. The molecule has 0 radical (unpaired) electrons. The second-order valence-electron chi connectivity index (χ2n) is 3.44. The molecule has 0 bridgehead atoms. The predicted molar refractivity (Wildman–Crippen MR) is 45.7 cm³/mol. The molecule has 1 saturated carbocycles. The number of hydrogen-bond donors (Lipinski definition) is 2. The molecule has 1 aromatic rings. The predicted octanol–water partition coefficient (Wildman–Crippen LogP) is 1.56. The highest BCUT2D eigenvalue weighted by Crippen LogP contribution is 2.34. The second-order valence-corrected chi connectivity index (χ2v) is 3.44. The molecule has 3 heteroatoms. The van der Waals surface area contributed by atoms with E-state index in [-0.39, 0.29) is 6.61 Å². The summed E-state index contributed by atoms with van der Waals surface area (Å²) in [5.74, 6) is 0.644. The first-order valence-corrected chi connectivity index (χ1v) is 4.55. The number of aromatic amines is 1. The Hall–Kier alpha value is -0.830. The molecule has 2 rings (SSSR count). The monoisotopic (exact) mass is 166 g/mol. The second kappa shape index (κ2) is 3.27. The minimum absolute atomic E-state index is 0.0891. The molecule has 3 nitrogen and oxygen atoms in total. The van der Waals surface area contributed by atoms with Crippen molar-refractivity contribution in [2.24, 2.45) is 0 Å². The van der Waals surface area contributed by atoms with Crippen molar-refractivity contribution in [3.63, 3.8) is 0 Å². The topological polar surface area (TPSA) is 48.9 Å². The highest BCUT2D eigenvalue weighted by molar-refractivity contribution is 5.21. The van der Waals surface area contributed by atoms with Gasteiger partial charge in [-0.1, -0.05) is 12.8 Å². The van der Waals surface area contributed by atoms with Crippen molar-refractivity contribution in [1.29, 1.82) is 0 Å². The summed E-state index contributed by atoms with van der Waals surface area (Å²) in [5.41, 5.74) is 2.14. The van der Waals surface area contributed by atoms with E-state index in [0.29, 0.717) is 5.92 Å². The number of aromatic nitrogens is 2. The summed E-state index contributed by atoms with van der Waals surface area (Å²) in [6.45, 7) is 0.0891. The quantitative estimate of drug-likeness (QED) is 0.700. The summed E-state index contributed by atoms with van der Waals surface area (Å²) in [5, 5.41) is 15.8. The molecule has 12 heavy (non-hydrogen) atoms. The van der Waals surface area contributed by atoms with Crippen molar-refractivity contribution < 1.29 is 5.11 Å². The minimum atomic E-state index is 0.0891. The Bertz CT molecular complexity index is 251. The lowest BCUT2D eigenvalue weighted by Gasteiger charge is -2.07. The fourth-order valence-corrected chi connectivity index (χ4v) is 2.04. The van der Waals surface area contributed by atoms with E-state index < -0.39 is 0 Å². The van der Waals surface area contributed by atoms with E-state index in [2.05, 4.69) is 10.2 Å². The van der Waals surface area contributed by atoms with Crippen LogP contribution in [0.2, 0.25) is 0 Å². The summed E-state index contributed by atoms with van der Waals surface area (Å²) >= 11 is 0. The number of hydrogen-bond acceptors (Lipinski definition) is 2. The van der Waals surface area contributed by atoms with Gasteiger partial charge in [0.15, 0.2) is 0 Å². The zero-order valence-corrected chi connectivity index (χ0v) is 7.08. The minimum Gasteiger partial charge on any atom is -0.390 e. The van der Waals surface area contributed by atoms with Gasteiger partial charge < -0.3 is 5.11 Å². The van der Waals surface area contributed by atoms with Gasteiger partial charge in [-0.15, -0.1) is 0 Å². The summed E-state index contributed by atoms with van der Waals surface area (Å²) < 4.78 is 0. The Balaban J connectivity index is 2.19. The van der Waals surface area contributed by atoms with Gasteiger partial charge in [0.05, 0.1) is 18.5 Å². The van der Waals surface area contributed by atoms with Crippen molar-refractivity contribution in [2.75, 3.05) is 0 Å². The van der Waals surface area contributed by atoms with Crippen LogP contribution in [0.15, 0.2) is 6.20 Å². The molecule has 0 saturated heterocycles. The number of aliphatic hydroxyl groups excluding tert-OH is 1. The Morgan fingerprint density at radius 2 is 2.25 bits per heavy atom. The molecular formula is C9H14N2O. The van der Waals surface area contributed by atoms with Crippen LogP contribution in [0.1, 0.15) is 42.9 Å². The van der Waals surface area contributed by atoms with Crippen LogP contribution in [-0.4, -0.2) is 15.3 Å². The molecule has 0 aliphatic heterocycles. The smallest absolute Gasteiger partial charge is 0.0850 e. The van der Waals surface area contributed by atoms with E-state index in [4.69, 9.17) is 5.11 Å². The molecular weight excluding hydrogens is 152 g/mol. The maximum absolute atomic E-state index is 9.00. The molecule has 0 spiro atoms. The average molecular weight is 166 g/mol. The van der Waals surface area contributed by atoms with Crippen molar-refractivity contribution in [3.8, 4) is 0 Å². The molecule has 1 fully saturated rings. The van der Waals surface area contributed by atoms with E-state index in [0.717, 1.165) is 5.69 Å². The van der Waals surface area contributed by atoms with Crippen molar-refractivity contribution in [1.82, 2.24) is 10.2 Å². The number of nitrogens with zero attached hydrogens (tertiary/aromatic N) is 1. The SMILES string of the molecule is OCc1[nH]ncc1C1CCCC1. The standard InChI is InChI=1S/C9H14N2O/c12-6-9-8(5-10-11-9)7-3-1-2-4-7/h5,7,12H,1-4,6H2,(H,10,11). The third kappa shape index (κ3) is 1.25. The van der Waals surface area contributed by atoms with Crippen LogP contribution in [0.3, 0.4) is 0 Å². The third-order valence-electron chi connectivity index (χ3n) is 2.70. The molecule has 1 aromatic heterocycles. The summed E-state index contributed by atoms with van der Waals surface area (Å²) in [4.78, 5) is 0. The van der Waals surface area contributed by atoms with Crippen LogP contribution < -0.4 is 0 Å². The number of rotatable bonds is 2.